The van der Waals surface area contributed by atoms with Crippen molar-refractivity contribution < 1.29 is 27.8 Å². The van der Waals surface area contributed by atoms with Crippen LogP contribution in [-0.4, -0.2) is 89.8 Å². The second-order valence-electron chi connectivity index (χ2n) is 12.8. The minimum Gasteiger partial charge on any atom is -0.444 e. The third kappa shape index (κ3) is 7.97. The zero-order valence-corrected chi connectivity index (χ0v) is 27.3. The minimum atomic E-state index is -0.931. The molecule has 2 aromatic carbocycles. The van der Waals surface area contributed by atoms with Crippen molar-refractivity contribution in [2.24, 2.45) is 0 Å². The molecule has 248 valence electrons. The van der Waals surface area contributed by atoms with Crippen LogP contribution in [0.25, 0.3) is 5.69 Å². The Balaban J connectivity index is 1.35. The smallest absolute Gasteiger partial charge is 0.410 e. The first kappa shape index (κ1) is 33.6. The fourth-order valence-electron chi connectivity index (χ4n) is 6.03. The summed E-state index contributed by atoms with van der Waals surface area (Å²) in [5.74, 6) is -1.86. The van der Waals surface area contributed by atoms with Crippen LogP contribution in [0.5, 0.6) is 0 Å². The number of amides is 3. The van der Waals surface area contributed by atoms with E-state index in [2.05, 4.69) is 15.5 Å². The number of carbonyl (C=O) groups is 2. The third-order valence-corrected chi connectivity index (χ3v) is 8.69. The highest BCUT2D eigenvalue weighted by molar-refractivity contribution is 6.34. The van der Waals surface area contributed by atoms with E-state index in [-0.39, 0.29) is 17.9 Å². The molecule has 0 aliphatic carbocycles. The van der Waals surface area contributed by atoms with Crippen LogP contribution in [-0.2, 0) is 9.47 Å². The van der Waals surface area contributed by atoms with Crippen LogP contribution in [0.2, 0.25) is 5.02 Å². The van der Waals surface area contributed by atoms with Crippen molar-refractivity contribution in [3.63, 3.8) is 0 Å². The lowest BCUT2D eigenvalue weighted by Gasteiger charge is -2.33. The molecule has 1 aromatic heterocycles. The highest BCUT2D eigenvalue weighted by Crippen LogP contribution is 2.38. The molecule has 13 heteroatoms. The first-order valence-electron chi connectivity index (χ1n) is 15.5. The fraction of sp³-hybridized carbons (Fsp3) is 0.485. The van der Waals surface area contributed by atoms with Crippen molar-refractivity contribution in [1.82, 2.24) is 24.9 Å². The number of nitrogens with one attached hydrogen (secondary N) is 2. The van der Waals surface area contributed by atoms with Crippen LogP contribution < -0.4 is 10.6 Å². The molecule has 3 heterocycles. The van der Waals surface area contributed by atoms with Gasteiger partial charge in [0, 0.05) is 51.7 Å². The Hall–Kier alpha value is -3.74. The predicted molar refractivity (Wildman–Crippen MR) is 172 cm³/mol. The van der Waals surface area contributed by atoms with E-state index < -0.39 is 29.3 Å². The topological polar surface area (TPSA) is 101 Å². The quantitative estimate of drug-likeness (QED) is 0.301. The molecule has 10 nitrogen and oxygen atoms in total. The highest BCUT2D eigenvalue weighted by Gasteiger charge is 2.36. The van der Waals surface area contributed by atoms with Crippen LogP contribution in [0.3, 0.4) is 0 Å². The molecule has 46 heavy (non-hydrogen) atoms. The molecule has 3 amide bonds. The Kier molecular flexibility index (Phi) is 10.5. The average molecular weight is 659 g/mol. The van der Waals surface area contributed by atoms with E-state index in [4.69, 9.17) is 26.2 Å². The highest BCUT2D eigenvalue weighted by atomic mass is 35.5. The molecule has 2 saturated heterocycles. The molecule has 2 atom stereocenters. The number of carbonyl (C=O) groups excluding carboxylic acids is 2. The van der Waals surface area contributed by atoms with Crippen molar-refractivity contribution in [3.8, 4) is 5.69 Å². The average Bonchev–Trinajstić information content (AvgIpc) is 3.57. The number of likely N-dealkylation sites (tertiary alicyclic amines) is 2. The number of rotatable bonds is 8. The number of piperidine rings is 1. The summed E-state index contributed by atoms with van der Waals surface area (Å²) in [6, 6.07) is 12.3. The summed E-state index contributed by atoms with van der Waals surface area (Å²) in [7, 11) is 1.62. The van der Waals surface area contributed by atoms with Crippen LogP contribution in [0.1, 0.15) is 56.7 Å². The van der Waals surface area contributed by atoms with Crippen molar-refractivity contribution in [3.05, 3.63) is 76.4 Å². The Bertz CT molecular complexity index is 1520. The van der Waals surface area contributed by atoms with E-state index in [0.717, 1.165) is 6.07 Å². The Morgan fingerprint density at radius 2 is 1.76 bits per heavy atom. The van der Waals surface area contributed by atoms with Crippen molar-refractivity contribution in [2.45, 2.75) is 57.1 Å². The van der Waals surface area contributed by atoms with Gasteiger partial charge in [0.05, 0.1) is 24.0 Å². The first-order valence-corrected chi connectivity index (χ1v) is 15.9. The number of benzene rings is 2. The van der Waals surface area contributed by atoms with E-state index in [9.17, 15) is 18.4 Å². The molecule has 2 aliphatic heterocycles. The van der Waals surface area contributed by atoms with Gasteiger partial charge < -0.3 is 19.7 Å². The van der Waals surface area contributed by atoms with Crippen molar-refractivity contribution in [2.75, 3.05) is 51.8 Å². The molecule has 0 unspecified atom stereocenters. The van der Waals surface area contributed by atoms with E-state index in [1.165, 1.54) is 6.07 Å². The predicted octanol–water partition coefficient (Wildman–Crippen LogP) is 6.15. The van der Waals surface area contributed by atoms with E-state index in [1.54, 1.807) is 22.8 Å². The maximum absolute atomic E-state index is 14.2. The van der Waals surface area contributed by atoms with E-state index >= 15 is 0 Å². The molecular formula is C33H41ClF2N6O4. The van der Waals surface area contributed by atoms with Crippen molar-refractivity contribution in [1.29, 1.82) is 0 Å². The van der Waals surface area contributed by atoms with Gasteiger partial charge in [-0.05, 0) is 63.4 Å². The number of nitrogens with zero attached hydrogens (tertiary/aromatic N) is 4. The normalized spacial score (nSPS) is 19.3. The zero-order chi connectivity index (χ0) is 33.0. The molecule has 0 saturated carbocycles. The zero-order valence-electron chi connectivity index (χ0n) is 26.6. The number of anilines is 1. The van der Waals surface area contributed by atoms with Gasteiger partial charge in [-0.2, -0.15) is 5.10 Å². The van der Waals surface area contributed by atoms with Crippen LogP contribution in [0, 0.1) is 11.6 Å². The van der Waals surface area contributed by atoms with Gasteiger partial charge >= 0.3 is 12.1 Å². The maximum Gasteiger partial charge on any atom is 0.410 e. The summed E-state index contributed by atoms with van der Waals surface area (Å²) >= 11 is 6.97. The minimum absolute atomic E-state index is 0.0401. The van der Waals surface area contributed by atoms with Gasteiger partial charge in [0.25, 0.3) is 0 Å². The van der Waals surface area contributed by atoms with Gasteiger partial charge in [-0.3, -0.25) is 10.2 Å². The van der Waals surface area contributed by atoms with E-state index in [1.807, 2.05) is 51.1 Å². The lowest BCUT2D eigenvalue weighted by molar-refractivity contribution is 0.0204. The summed E-state index contributed by atoms with van der Waals surface area (Å²) in [6.07, 6.45) is 0.914. The molecule has 2 N–H and O–H groups in total. The summed E-state index contributed by atoms with van der Waals surface area (Å²) in [5, 5.41) is 11.1. The molecule has 0 bridgehead atoms. The molecule has 2 fully saturated rings. The third-order valence-electron chi connectivity index (χ3n) is 8.31. The number of ether oxygens (including phenoxy) is 2. The SMILES string of the molecule is COCCN1C[C@@H](NC(=O)Nc2c(Cl)c(C3CCN(C(=O)OC(C)(C)C)CC3)nn2-c2ccccc2)[C@H](c2ccc(F)c(F)c2)C1. The maximum atomic E-state index is 14.2. The lowest BCUT2D eigenvalue weighted by atomic mass is 9.94. The second-order valence-corrected chi connectivity index (χ2v) is 13.2. The summed E-state index contributed by atoms with van der Waals surface area (Å²) in [4.78, 5) is 30.0. The van der Waals surface area contributed by atoms with Crippen LogP contribution >= 0.6 is 11.6 Å². The summed E-state index contributed by atoms with van der Waals surface area (Å²) < 4.78 is 40.3. The molecule has 3 aromatic rings. The number of hydrogen-bond donors (Lipinski definition) is 2. The van der Waals surface area contributed by atoms with Gasteiger partial charge in [0.15, 0.2) is 17.5 Å². The second kappa shape index (κ2) is 14.4. The van der Waals surface area contributed by atoms with Crippen molar-refractivity contribution >= 4 is 29.5 Å². The monoisotopic (exact) mass is 658 g/mol. The first-order chi connectivity index (χ1) is 21.9. The number of para-hydroxylation sites is 1. The molecular weight excluding hydrogens is 618 g/mol. The van der Waals surface area contributed by atoms with Crippen LogP contribution in [0.15, 0.2) is 48.5 Å². The number of hydrogen-bond acceptors (Lipinski definition) is 6. The van der Waals surface area contributed by atoms with Gasteiger partial charge in [0.2, 0.25) is 0 Å². The van der Waals surface area contributed by atoms with Gasteiger partial charge in [0.1, 0.15) is 10.6 Å². The number of halogens is 3. The number of aromatic nitrogens is 2. The largest absolute Gasteiger partial charge is 0.444 e. The van der Waals surface area contributed by atoms with Gasteiger partial charge in [-0.1, -0.05) is 35.9 Å². The molecule has 0 spiro atoms. The lowest BCUT2D eigenvalue weighted by Crippen LogP contribution is -2.42. The standard InChI is InChI=1S/C33H41ClF2N6O4/c1-33(2,3)46-32(44)41-14-12-21(13-15-41)29-28(34)30(42(39-29)23-8-6-5-7-9-23)38-31(43)37-27-20-40(16-17-45-4)19-24(27)22-10-11-25(35)26(36)18-22/h5-11,18,21,24,27H,12-17,19-20H2,1-4H3,(H2,37,38,43)/t24-,27+/m0/s1. The fourth-order valence-corrected chi connectivity index (χ4v) is 6.35. The van der Waals surface area contributed by atoms with Gasteiger partial charge in [-0.25, -0.2) is 23.1 Å². The summed E-state index contributed by atoms with van der Waals surface area (Å²) in [6.45, 7) is 8.64. The molecule has 5 rings (SSSR count). The van der Waals surface area contributed by atoms with Gasteiger partial charge in [-0.15, -0.1) is 0 Å². The Labute approximate surface area is 273 Å². The number of methoxy groups -OCH3 is 1. The van der Waals surface area contributed by atoms with Crippen LogP contribution in [0.4, 0.5) is 24.2 Å². The molecule has 2 aliphatic rings. The summed E-state index contributed by atoms with van der Waals surface area (Å²) in [5.41, 5.74) is 1.36. The Morgan fingerprint density at radius 1 is 1.04 bits per heavy atom. The molecule has 0 radical (unpaired) electrons. The Morgan fingerprint density at radius 3 is 2.41 bits per heavy atom. The number of urea groups is 1. The van der Waals surface area contributed by atoms with E-state index in [0.29, 0.717) is 80.0 Å².